The highest BCUT2D eigenvalue weighted by atomic mass is 16.3. The molecule has 1 aliphatic rings. The maximum absolute atomic E-state index is 12.3. The molecule has 1 aromatic carbocycles. The van der Waals surface area contributed by atoms with Crippen molar-refractivity contribution in [3.8, 4) is 6.07 Å². The Labute approximate surface area is 119 Å². The Balaban J connectivity index is 2.01. The number of rotatable bonds is 6. The summed E-state index contributed by atoms with van der Waals surface area (Å²) >= 11 is 0. The van der Waals surface area contributed by atoms with Crippen LogP contribution in [0.2, 0.25) is 0 Å². The lowest BCUT2D eigenvalue weighted by Gasteiger charge is -2.27. The van der Waals surface area contributed by atoms with Crippen LogP contribution in [-0.4, -0.2) is 41.5 Å². The molecule has 1 aromatic rings. The summed E-state index contributed by atoms with van der Waals surface area (Å²) in [4.78, 5) is 14.4. The number of ketones is 1. The quantitative estimate of drug-likeness (QED) is 0.804. The van der Waals surface area contributed by atoms with E-state index < -0.39 is 0 Å². The Bertz CT molecular complexity index is 484. The predicted molar refractivity (Wildman–Crippen MR) is 76.4 cm³/mol. The van der Waals surface area contributed by atoms with Gasteiger partial charge in [-0.25, -0.2) is 0 Å². The average molecular weight is 272 g/mol. The van der Waals surface area contributed by atoms with Crippen LogP contribution in [0.15, 0.2) is 24.3 Å². The van der Waals surface area contributed by atoms with Crippen molar-refractivity contribution in [3.05, 3.63) is 35.4 Å². The molecule has 2 rings (SSSR count). The van der Waals surface area contributed by atoms with Crippen LogP contribution in [0.1, 0.15) is 41.6 Å². The van der Waals surface area contributed by atoms with Gasteiger partial charge in [-0.2, -0.15) is 5.26 Å². The van der Waals surface area contributed by atoms with Crippen molar-refractivity contribution in [3.63, 3.8) is 0 Å². The fourth-order valence-corrected chi connectivity index (χ4v) is 2.79. The molecule has 4 nitrogen and oxygen atoms in total. The van der Waals surface area contributed by atoms with E-state index in [0.717, 1.165) is 12.8 Å². The molecule has 0 aromatic heterocycles. The fraction of sp³-hybridized carbons (Fsp3) is 0.500. The van der Waals surface area contributed by atoms with Crippen molar-refractivity contribution >= 4 is 5.78 Å². The predicted octanol–water partition coefficient (Wildman–Crippen LogP) is 1.98. The lowest BCUT2D eigenvalue weighted by atomic mass is 10.1. The molecule has 1 fully saturated rings. The van der Waals surface area contributed by atoms with Crippen LogP contribution in [0.3, 0.4) is 0 Å². The number of nitrogens with zero attached hydrogens (tertiary/aromatic N) is 2. The van der Waals surface area contributed by atoms with Gasteiger partial charge in [-0.05, 0) is 25.0 Å². The van der Waals surface area contributed by atoms with Gasteiger partial charge in [0.25, 0.3) is 0 Å². The highest BCUT2D eigenvalue weighted by Crippen LogP contribution is 2.23. The van der Waals surface area contributed by atoms with Gasteiger partial charge in [-0.3, -0.25) is 9.69 Å². The summed E-state index contributed by atoms with van der Waals surface area (Å²) in [6.07, 6.45) is 4.64. The topological polar surface area (TPSA) is 64.3 Å². The molecule has 1 N–H and O–H groups in total. The van der Waals surface area contributed by atoms with E-state index in [0.29, 0.717) is 30.3 Å². The molecule has 0 atom stereocenters. The fourth-order valence-electron chi connectivity index (χ4n) is 2.79. The summed E-state index contributed by atoms with van der Waals surface area (Å²) in [7, 11) is 0. The van der Waals surface area contributed by atoms with Gasteiger partial charge in [0.1, 0.15) is 0 Å². The normalized spacial score (nSPS) is 15.4. The largest absolute Gasteiger partial charge is 0.395 e. The Hall–Kier alpha value is -1.70. The molecule has 0 amide bonds. The summed E-state index contributed by atoms with van der Waals surface area (Å²) in [6, 6.07) is 9.20. The standard InChI is InChI=1S/C16H20N2O2/c17-11-13-5-7-14(8-6-13)16(20)12-18(9-10-19)15-3-1-2-4-15/h5-8,15,19H,1-4,9-10,12H2. The molecule has 106 valence electrons. The minimum Gasteiger partial charge on any atom is -0.395 e. The first-order chi connectivity index (χ1) is 9.74. The number of carbonyl (C=O) groups excluding carboxylic acids is 1. The number of carbonyl (C=O) groups is 1. The monoisotopic (exact) mass is 272 g/mol. The lowest BCUT2D eigenvalue weighted by molar-refractivity contribution is 0.0862. The minimum atomic E-state index is 0.0508. The van der Waals surface area contributed by atoms with Crippen LogP contribution in [0.4, 0.5) is 0 Å². The number of aliphatic hydroxyl groups is 1. The molecule has 1 saturated carbocycles. The summed E-state index contributed by atoms with van der Waals surface area (Å²) in [5.74, 6) is 0.0508. The van der Waals surface area contributed by atoms with Crippen molar-refractivity contribution in [1.82, 2.24) is 4.90 Å². The summed E-state index contributed by atoms with van der Waals surface area (Å²) in [5, 5.41) is 17.9. The van der Waals surface area contributed by atoms with E-state index in [9.17, 15) is 4.79 Å². The first kappa shape index (κ1) is 14.7. The Morgan fingerprint density at radius 1 is 1.30 bits per heavy atom. The molecule has 1 aliphatic carbocycles. The van der Waals surface area contributed by atoms with Crippen LogP contribution >= 0.6 is 0 Å². The molecular weight excluding hydrogens is 252 g/mol. The molecule has 0 bridgehead atoms. The maximum Gasteiger partial charge on any atom is 0.176 e. The van der Waals surface area contributed by atoms with Gasteiger partial charge >= 0.3 is 0 Å². The van der Waals surface area contributed by atoms with Crippen LogP contribution in [0.5, 0.6) is 0 Å². The van der Waals surface area contributed by atoms with Gasteiger partial charge in [0.2, 0.25) is 0 Å². The summed E-state index contributed by atoms with van der Waals surface area (Å²) < 4.78 is 0. The molecule has 20 heavy (non-hydrogen) atoms. The molecule has 0 radical (unpaired) electrons. The van der Waals surface area contributed by atoms with Crippen LogP contribution < -0.4 is 0 Å². The van der Waals surface area contributed by atoms with Crippen molar-refractivity contribution in [2.75, 3.05) is 19.7 Å². The zero-order chi connectivity index (χ0) is 14.4. The van der Waals surface area contributed by atoms with E-state index in [1.54, 1.807) is 24.3 Å². The third kappa shape index (κ3) is 3.66. The number of aliphatic hydroxyl groups excluding tert-OH is 1. The van der Waals surface area contributed by atoms with Crippen LogP contribution in [-0.2, 0) is 0 Å². The van der Waals surface area contributed by atoms with E-state index >= 15 is 0 Å². The van der Waals surface area contributed by atoms with Gasteiger partial charge in [0.05, 0.1) is 24.8 Å². The smallest absolute Gasteiger partial charge is 0.176 e. The van der Waals surface area contributed by atoms with Gasteiger partial charge < -0.3 is 5.11 Å². The maximum atomic E-state index is 12.3. The van der Waals surface area contributed by atoms with E-state index in [2.05, 4.69) is 4.90 Å². The van der Waals surface area contributed by atoms with Crippen molar-refractivity contribution in [2.24, 2.45) is 0 Å². The van der Waals surface area contributed by atoms with E-state index in [1.807, 2.05) is 6.07 Å². The number of hydrogen-bond donors (Lipinski definition) is 1. The van der Waals surface area contributed by atoms with Gasteiger partial charge in [-0.15, -0.1) is 0 Å². The molecule has 0 aliphatic heterocycles. The van der Waals surface area contributed by atoms with Crippen LogP contribution in [0.25, 0.3) is 0 Å². The second-order valence-corrected chi connectivity index (χ2v) is 5.24. The Kier molecular flexibility index (Phi) is 5.28. The van der Waals surface area contributed by atoms with Crippen LogP contribution in [0, 0.1) is 11.3 Å². The van der Waals surface area contributed by atoms with Gasteiger partial charge in [-0.1, -0.05) is 25.0 Å². The highest BCUT2D eigenvalue weighted by Gasteiger charge is 2.24. The zero-order valence-electron chi connectivity index (χ0n) is 11.6. The first-order valence-electron chi connectivity index (χ1n) is 7.13. The summed E-state index contributed by atoms with van der Waals surface area (Å²) in [6.45, 7) is 0.973. The van der Waals surface area contributed by atoms with Gasteiger partial charge in [0, 0.05) is 18.2 Å². The number of nitriles is 1. The average Bonchev–Trinajstić information content (AvgIpc) is 3.01. The molecular formula is C16H20N2O2. The Morgan fingerprint density at radius 2 is 1.95 bits per heavy atom. The molecule has 0 saturated heterocycles. The van der Waals surface area contributed by atoms with Crippen molar-refractivity contribution in [1.29, 1.82) is 5.26 Å². The third-order valence-corrected chi connectivity index (χ3v) is 3.91. The summed E-state index contributed by atoms with van der Waals surface area (Å²) in [5.41, 5.74) is 1.19. The molecule has 0 unspecified atom stereocenters. The molecule has 4 heteroatoms. The zero-order valence-corrected chi connectivity index (χ0v) is 11.6. The second-order valence-electron chi connectivity index (χ2n) is 5.24. The number of Topliss-reactive ketones (excluding diaryl/α,β-unsaturated/α-hetero) is 1. The molecule has 0 spiro atoms. The first-order valence-corrected chi connectivity index (χ1v) is 7.13. The van der Waals surface area contributed by atoms with E-state index in [4.69, 9.17) is 10.4 Å². The SMILES string of the molecule is N#Cc1ccc(C(=O)CN(CCO)C2CCCC2)cc1. The third-order valence-electron chi connectivity index (χ3n) is 3.91. The second kappa shape index (κ2) is 7.18. The van der Waals surface area contributed by atoms with Crippen molar-refractivity contribution < 1.29 is 9.90 Å². The lowest BCUT2D eigenvalue weighted by Crippen LogP contribution is -2.39. The minimum absolute atomic E-state index is 0.0508. The van der Waals surface area contributed by atoms with Gasteiger partial charge in [0.15, 0.2) is 5.78 Å². The van der Waals surface area contributed by atoms with E-state index in [1.165, 1.54) is 12.8 Å². The molecule has 0 heterocycles. The van der Waals surface area contributed by atoms with E-state index in [-0.39, 0.29) is 12.4 Å². The number of benzene rings is 1. The number of hydrogen-bond acceptors (Lipinski definition) is 4. The van der Waals surface area contributed by atoms with Crippen molar-refractivity contribution in [2.45, 2.75) is 31.7 Å². The highest BCUT2D eigenvalue weighted by molar-refractivity contribution is 5.97. The Morgan fingerprint density at radius 3 is 2.50 bits per heavy atom.